The molecule has 4 aromatic rings. The van der Waals surface area contributed by atoms with Crippen LogP contribution in [0.1, 0.15) is 33.4 Å². The van der Waals surface area contributed by atoms with Crippen molar-refractivity contribution in [2.24, 2.45) is 7.05 Å². The summed E-state index contributed by atoms with van der Waals surface area (Å²) in [5.41, 5.74) is 2.62. The molecule has 1 atom stereocenters. The largest absolute Gasteiger partial charge is 0.338 e. The van der Waals surface area contributed by atoms with Gasteiger partial charge in [0, 0.05) is 25.0 Å². The number of imidazole rings is 1. The first-order valence-corrected chi connectivity index (χ1v) is 8.95. The van der Waals surface area contributed by atoms with Crippen molar-refractivity contribution in [1.29, 1.82) is 0 Å². The maximum atomic E-state index is 12.9. The average Bonchev–Trinajstić information content (AvgIpc) is 3.39. The van der Waals surface area contributed by atoms with Gasteiger partial charge in [0.15, 0.2) is 0 Å². The second kappa shape index (κ2) is 7.87. The van der Waals surface area contributed by atoms with Crippen LogP contribution in [0.15, 0.2) is 79.6 Å². The molecular weight excluding hydrogens is 352 g/mol. The Morgan fingerprint density at radius 2 is 1.89 bits per heavy atom. The Balaban J connectivity index is 1.54. The first kappa shape index (κ1) is 17.7. The van der Waals surface area contributed by atoms with E-state index in [1.54, 1.807) is 17.2 Å². The van der Waals surface area contributed by atoms with Gasteiger partial charge >= 0.3 is 0 Å². The van der Waals surface area contributed by atoms with Gasteiger partial charge < -0.3 is 9.88 Å². The van der Waals surface area contributed by atoms with Gasteiger partial charge in [-0.05, 0) is 23.3 Å². The Hall–Kier alpha value is -3.74. The van der Waals surface area contributed by atoms with Crippen molar-refractivity contribution in [2.75, 3.05) is 0 Å². The van der Waals surface area contributed by atoms with Gasteiger partial charge in [0.25, 0.3) is 5.91 Å². The van der Waals surface area contributed by atoms with E-state index in [-0.39, 0.29) is 11.9 Å². The van der Waals surface area contributed by atoms with E-state index < -0.39 is 0 Å². The van der Waals surface area contributed by atoms with Crippen LogP contribution in [0.3, 0.4) is 0 Å². The number of nitrogens with one attached hydrogen (secondary N) is 1. The van der Waals surface area contributed by atoms with Crippen LogP contribution in [-0.4, -0.2) is 30.2 Å². The minimum atomic E-state index is -0.330. The molecule has 7 nitrogen and oxygen atoms in total. The van der Waals surface area contributed by atoms with Gasteiger partial charge in [0.1, 0.15) is 24.5 Å². The maximum Gasteiger partial charge on any atom is 0.252 e. The molecule has 0 unspecified atom stereocenters. The van der Waals surface area contributed by atoms with Crippen molar-refractivity contribution in [1.82, 2.24) is 29.6 Å². The van der Waals surface area contributed by atoms with Crippen molar-refractivity contribution < 1.29 is 4.79 Å². The van der Waals surface area contributed by atoms with E-state index in [9.17, 15) is 4.79 Å². The number of carbonyl (C=O) groups is 1. The summed E-state index contributed by atoms with van der Waals surface area (Å²) in [6.45, 7) is 0.613. The molecule has 4 rings (SSSR count). The molecule has 0 saturated heterocycles. The molecule has 7 heteroatoms. The van der Waals surface area contributed by atoms with Gasteiger partial charge in [-0.25, -0.2) is 14.6 Å². The number of aromatic nitrogens is 5. The van der Waals surface area contributed by atoms with Crippen LogP contribution in [-0.2, 0) is 13.6 Å². The third kappa shape index (κ3) is 3.83. The molecule has 140 valence electrons. The fraction of sp³-hybridized carbons (Fsp3) is 0.143. The van der Waals surface area contributed by atoms with E-state index in [0.29, 0.717) is 12.1 Å². The van der Waals surface area contributed by atoms with E-state index in [4.69, 9.17) is 0 Å². The van der Waals surface area contributed by atoms with Gasteiger partial charge in [-0.3, -0.25) is 4.79 Å². The van der Waals surface area contributed by atoms with Crippen molar-refractivity contribution in [3.63, 3.8) is 0 Å². The predicted molar refractivity (Wildman–Crippen MR) is 105 cm³/mol. The lowest BCUT2D eigenvalue weighted by Gasteiger charge is -2.19. The Morgan fingerprint density at radius 1 is 1.11 bits per heavy atom. The molecule has 0 aliphatic heterocycles. The van der Waals surface area contributed by atoms with Gasteiger partial charge in [0.2, 0.25) is 0 Å². The number of benzene rings is 2. The molecule has 2 aromatic carbocycles. The Kier molecular flexibility index (Phi) is 4.97. The normalized spacial score (nSPS) is 11.9. The van der Waals surface area contributed by atoms with Crippen LogP contribution < -0.4 is 5.32 Å². The third-order valence-electron chi connectivity index (χ3n) is 4.55. The summed E-state index contributed by atoms with van der Waals surface area (Å²) in [6, 6.07) is 17.0. The van der Waals surface area contributed by atoms with Gasteiger partial charge in [0.05, 0.1) is 6.54 Å². The lowest BCUT2D eigenvalue weighted by Crippen LogP contribution is -2.31. The maximum absolute atomic E-state index is 12.9. The number of hydrogen-bond acceptors (Lipinski definition) is 4. The van der Waals surface area contributed by atoms with E-state index in [1.165, 1.54) is 6.33 Å². The van der Waals surface area contributed by atoms with E-state index in [1.807, 2.05) is 72.4 Å². The summed E-state index contributed by atoms with van der Waals surface area (Å²) < 4.78 is 3.65. The van der Waals surface area contributed by atoms with Crippen LogP contribution in [0, 0.1) is 0 Å². The Morgan fingerprint density at radius 3 is 2.54 bits per heavy atom. The SMILES string of the molecule is Cn1ccnc1[C@H](NC(=O)c1ccc(Cn2cncn2)cc1)c1ccccc1. The standard InChI is InChI=1S/C21H20N6O/c1-26-12-11-23-20(26)19(17-5-3-2-4-6-17)25-21(28)18-9-7-16(8-10-18)13-27-15-22-14-24-27/h2-12,14-15,19H,13H2,1H3,(H,25,28)/t19-/m1/s1. The van der Waals surface area contributed by atoms with Crippen molar-refractivity contribution in [3.8, 4) is 0 Å². The summed E-state index contributed by atoms with van der Waals surface area (Å²) in [5, 5.41) is 7.20. The number of nitrogens with zero attached hydrogens (tertiary/aromatic N) is 5. The quantitative estimate of drug-likeness (QED) is 0.564. The average molecular weight is 372 g/mol. The first-order valence-electron chi connectivity index (χ1n) is 8.95. The number of carbonyl (C=O) groups excluding carboxylic acids is 1. The van der Waals surface area contributed by atoms with Gasteiger partial charge in [-0.15, -0.1) is 0 Å². The molecule has 2 heterocycles. The molecule has 1 amide bonds. The minimum absolute atomic E-state index is 0.149. The predicted octanol–water partition coefficient (Wildman–Crippen LogP) is 2.58. The number of hydrogen-bond donors (Lipinski definition) is 1. The highest BCUT2D eigenvalue weighted by atomic mass is 16.1. The topological polar surface area (TPSA) is 77.6 Å². The van der Waals surface area contributed by atoms with Crippen molar-refractivity contribution >= 4 is 5.91 Å². The first-order chi connectivity index (χ1) is 13.7. The Bertz CT molecular complexity index is 1040. The molecule has 0 aliphatic carbocycles. The van der Waals surface area contributed by atoms with E-state index in [2.05, 4.69) is 20.4 Å². The molecule has 0 saturated carbocycles. The van der Waals surface area contributed by atoms with E-state index >= 15 is 0 Å². The summed E-state index contributed by atoms with van der Waals surface area (Å²) in [4.78, 5) is 21.3. The second-order valence-corrected chi connectivity index (χ2v) is 6.50. The molecule has 0 radical (unpaired) electrons. The Labute approximate surface area is 162 Å². The van der Waals surface area contributed by atoms with Crippen molar-refractivity contribution in [3.05, 3.63) is 102 Å². The zero-order valence-corrected chi connectivity index (χ0v) is 15.4. The highest BCUT2D eigenvalue weighted by Gasteiger charge is 2.21. The lowest BCUT2D eigenvalue weighted by atomic mass is 10.0. The van der Waals surface area contributed by atoms with Crippen LogP contribution >= 0.6 is 0 Å². The van der Waals surface area contributed by atoms with Crippen LogP contribution in [0.5, 0.6) is 0 Å². The highest BCUT2D eigenvalue weighted by Crippen LogP contribution is 2.21. The van der Waals surface area contributed by atoms with Crippen molar-refractivity contribution in [2.45, 2.75) is 12.6 Å². The van der Waals surface area contributed by atoms with Gasteiger partial charge in [-0.1, -0.05) is 42.5 Å². The summed E-state index contributed by atoms with van der Waals surface area (Å²) in [7, 11) is 1.92. The highest BCUT2D eigenvalue weighted by molar-refractivity contribution is 5.94. The fourth-order valence-electron chi connectivity index (χ4n) is 3.08. The molecule has 0 spiro atoms. The zero-order valence-electron chi connectivity index (χ0n) is 15.4. The molecule has 1 N–H and O–H groups in total. The minimum Gasteiger partial charge on any atom is -0.338 e. The number of rotatable bonds is 6. The molecule has 0 bridgehead atoms. The van der Waals surface area contributed by atoms with Crippen LogP contribution in [0.25, 0.3) is 0 Å². The third-order valence-corrected chi connectivity index (χ3v) is 4.55. The molecule has 28 heavy (non-hydrogen) atoms. The number of amides is 1. The monoisotopic (exact) mass is 372 g/mol. The van der Waals surface area contributed by atoms with Crippen LogP contribution in [0.2, 0.25) is 0 Å². The summed E-state index contributed by atoms with van der Waals surface area (Å²) in [5.74, 6) is 0.631. The smallest absolute Gasteiger partial charge is 0.252 e. The summed E-state index contributed by atoms with van der Waals surface area (Å²) >= 11 is 0. The van der Waals surface area contributed by atoms with Crippen LogP contribution in [0.4, 0.5) is 0 Å². The molecule has 0 fully saturated rings. The molecular formula is C21H20N6O. The lowest BCUT2D eigenvalue weighted by molar-refractivity contribution is 0.0941. The van der Waals surface area contributed by atoms with Gasteiger partial charge in [-0.2, -0.15) is 5.10 Å². The zero-order chi connectivity index (χ0) is 19.3. The summed E-state index contributed by atoms with van der Waals surface area (Å²) in [6.07, 6.45) is 6.77. The molecule has 2 aromatic heterocycles. The second-order valence-electron chi connectivity index (χ2n) is 6.50. The molecule has 0 aliphatic rings. The van der Waals surface area contributed by atoms with E-state index in [0.717, 1.165) is 17.0 Å². The number of aryl methyl sites for hydroxylation is 1. The fourth-order valence-corrected chi connectivity index (χ4v) is 3.08.